The van der Waals surface area contributed by atoms with Crippen LogP contribution >= 0.6 is 11.8 Å². The number of unbranched alkanes of at least 4 members (excludes halogenated alkanes) is 1. The molecular formula is C18H25N3O3S. The second-order valence-corrected chi connectivity index (χ2v) is 6.98. The molecule has 1 heterocycles. The number of hydrogen-bond donors (Lipinski definition) is 2. The van der Waals surface area contributed by atoms with Gasteiger partial charge in [0.15, 0.2) is 5.17 Å². The Labute approximate surface area is 152 Å². The fraction of sp³-hybridized carbons (Fsp3) is 0.500. The SMILES string of the molecule is CCCCN=C1NC(=O)[C@@H](CC(=O)NCCc2ccc(OC)cc2)S1. The average molecular weight is 363 g/mol. The molecular weight excluding hydrogens is 338 g/mol. The van der Waals surface area contributed by atoms with E-state index < -0.39 is 0 Å². The summed E-state index contributed by atoms with van der Waals surface area (Å²) in [5.74, 6) is 0.565. The molecule has 1 aromatic carbocycles. The first-order chi connectivity index (χ1) is 12.1. The summed E-state index contributed by atoms with van der Waals surface area (Å²) in [7, 11) is 1.63. The predicted molar refractivity (Wildman–Crippen MR) is 101 cm³/mol. The Morgan fingerprint density at radius 1 is 1.36 bits per heavy atom. The van der Waals surface area contributed by atoms with Crippen molar-refractivity contribution in [1.29, 1.82) is 0 Å². The average Bonchev–Trinajstić information content (AvgIpc) is 2.95. The molecule has 0 saturated carbocycles. The smallest absolute Gasteiger partial charge is 0.240 e. The number of methoxy groups -OCH3 is 1. The van der Waals surface area contributed by atoms with Gasteiger partial charge in [0.2, 0.25) is 11.8 Å². The molecule has 1 saturated heterocycles. The Balaban J connectivity index is 1.71. The second-order valence-electron chi connectivity index (χ2n) is 5.79. The van der Waals surface area contributed by atoms with E-state index in [0.717, 1.165) is 30.6 Å². The van der Waals surface area contributed by atoms with Crippen LogP contribution in [0.25, 0.3) is 0 Å². The maximum Gasteiger partial charge on any atom is 0.240 e. The molecule has 1 fully saturated rings. The summed E-state index contributed by atoms with van der Waals surface area (Å²) < 4.78 is 5.12. The van der Waals surface area contributed by atoms with E-state index in [4.69, 9.17) is 4.74 Å². The van der Waals surface area contributed by atoms with Gasteiger partial charge < -0.3 is 15.4 Å². The Morgan fingerprint density at radius 2 is 2.12 bits per heavy atom. The van der Waals surface area contributed by atoms with Crippen LogP contribution in [0, 0.1) is 0 Å². The van der Waals surface area contributed by atoms with Gasteiger partial charge in [-0.25, -0.2) is 0 Å². The number of ether oxygens (including phenoxy) is 1. The maximum absolute atomic E-state index is 12.0. The molecule has 1 aliphatic heterocycles. The standard InChI is InChI=1S/C18H25N3O3S/c1-3-4-10-20-18-21-17(23)15(25-18)12-16(22)19-11-9-13-5-7-14(24-2)8-6-13/h5-8,15H,3-4,9-12H2,1-2H3,(H,19,22)(H,20,21,23)/t15-/m1/s1. The number of aliphatic imine (C=N–C) groups is 1. The maximum atomic E-state index is 12.0. The number of amides is 2. The van der Waals surface area contributed by atoms with Gasteiger partial charge >= 0.3 is 0 Å². The van der Waals surface area contributed by atoms with E-state index in [-0.39, 0.29) is 23.5 Å². The molecule has 2 rings (SSSR count). The lowest BCUT2D eigenvalue weighted by Gasteiger charge is -2.08. The quantitative estimate of drug-likeness (QED) is 0.659. The van der Waals surface area contributed by atoms with Gasteiger partial charge in [-0.05, 0) is 30.5 Å². The van der Waals surface area contributed by atoms with E-state index in [0.29, 0.717) is 18.3 Å². The topological polar surface area (TPSA) is 79.8 Å². The molecule has 7 heteroatoms. The minimum atomic E-state index is -0.388. The summed E-state index contributed by atoms with van der Waals surface area (Å²) in [6, 6.07) is 7.75. The number of nitrogens with one attached hydrogen (secondary N) is 2. The molecule has 0 spiro atoms. The van der Waals surface area contributed by atoms with E-state index >= 15 is 0 Å². The Morgan fingerprint density at radius 3 is 2.80 bits per heavy atom. The highest BCUT2D eigenvalue weighted by Crippen LogP contribution is 2.22. The van der Waals surface area contributed by atoms with Crippen LogP contribution < -0.4 is 15.4 Å². The van der Waals surface area contributed by atoms with Crippen LogP contribution in [0.15, 0.2) is 29.3 Å². The predicted octanol–water partition coefficient (Wildman–Crippen LogP) is 2.13. The Kier molecular flexibility index (Phi) is 7.78. The van der Waals surface area contributed by atoms with E-state index in [9.17, 15) is 9.59 Å². The summed E-state index contributed by atoms with van der Waals surface area (Å²) in [5, 5.41) is 5.86. The molecule has 1 aromatic rings. The van der Waals surface area contributed by atoms with Crippen LogP contribution in [0.2, 0.25) is 0 Å². The first-order valence-electron chi connectivity index (χ1n) is 8.54. The fourth-order valence-electron chi connectivity index (χ4n) is 2.33. The van der Waals surface area contributed by atoms with E-state index in [1.54, 1.807) is 7.11 Å². The van der Waals surface area contributed by atoms with E-state index in [1.807, 2.05) is 24.3 Å². The van der Waals surface area contributed by atoms with Gasteiger partial charge in [-0.1, -0.05) is 37.2 Å². The van der Waals surface area contributed by atoms with Gasteiger partial charge in [0.05, 0.1) is 7.11 Å². The van der Waals surface area contributed by atoms with Crippen molar-refractivity contribution in [2.24, 2.45) is 4.99 Å². The van der Waals surface area contributed by atoms with Crippen LogP contribution in [0.5, 0.6) is 5.75 Å². The van der Waals surface area contributed by atoms with Crippen LogP contribution in [0.4, 0.5) is 0 Å². The molecule has 1 aliphatic rings. The lowest BCUT2D eigenvalue weighted by Crippen LogP contribution is -2.32. The highest BCUT2D eigenvalue weighted by molar-refractivity contribution is 8.15. The number of rotatable bonds is 9. The molecule has 25 heavy (non-hydrogen) atoms. The van der Waals surface area contributed by atoms with Crippen molar-refractivity contribution in [1.82, 2.24) is 10.6 Å². The molecule has 0 aliphatic carbocycles. The summed E-state index contributed by atoms with van der Waals surface area (Å²) >= 11 is 1.35. The van der Waals surface area contributed by atoms with Crippen molar-refractivity contribution in [3.05, 3.63) is 29.8 Å². The lowest BCUT2D eigenvalue weighted by molar-refractivity contribution is -0.125. The third-order valence-electron chi connectivity index (χ3n) is 3.81. The number of thioether (sulfide) groups is 1. The molecule has 136 valence electrons. The summed E-state index contributed by atoms with van der Waals surface area (Å²) in [6.45, 7) is 3.35. The first kappa shape index (κ1) is 19.3. The highest BCUT2D eigenvalue weighted by atomic mass is 32.2. The summed E-state index contributed by atoms with van der Waals surface area (Å²) in [5.41, 5.74) is 1.12. The second kappa shape index (κ2) is 10.1. The molecule has 2 amide bonds. The van der Waals surface area contributed by atoms with Crippen LogP contribution in [-0.4, -0.2) is 42.4 Å². The highest BCUT2D eigenvalue weighted by Gasteiger charge is 2.31. The van der Waals surface area contributed by atoms with Crippen molar-refractivity contribution >= 4 is 28.7 Å². The number of amidine groups is 1. The van der Waals surface area contributed by atoms with Crippen LogP contribution in [0.1, 0.15) is 31.7 Å². The minimum Gasteiger partial charge on any atom is -0.497 e. The Bertz CT molecular complexity index is 616. The van der Waals surface area contributed by atoms with Gasteiger partial charge in [0.25, 0.3) is 0 Å². The molecule has 6 nitrogen and oxygen atoms in total. The third kappa shape index (κ3) is 6.42. The fourth-order valence-corrected chi connectivity index (χ4v) is 3.33. The van der Waals surface area contributed by atoms with Crippen molar-refractivity contribution in [3.8, 4) is 5.75 Å². The zero-order chi connectivity index (χ0) is 18.1. The lowest BCUT2D eigenvalue weighted by atomic mass is 10.1. The van der Waals surface area contributed by atoms with E-state index in [2.05, 4.69) is 22.5 Å². The number of hydrogen-bond acceptors (Lipinski definition) is 5. The number of benzene rings is 1. The normalized spacial score (nSPS) is 18.2. The summed E-state index contributed by atoms with van der Waals surface area (Å²) in [6.07, 6.45) is 2.97. The molecule has 0 bridgehead atoms. The van der Waals surface area contributed by atoms with Crippen molar-refractivity contribution in [3.63, 3.8) is 0 Å². The van der Waals surface area contributed by atoms with Gasteiger partial charge in [-0.2, -0.15) is 0 Å². The Hall–Kier alpha value is -2.02. The molecule has 0 aromatic heterocycles. The number of carbonyl (C=O) groups excluding carboxylic acids is 2. The summed E-state index contributed by atoms with van der Waals surface area (Å²) in [4.78, 5) is 28.3. The zero-order valence-electron chi connectivity index (χ0n) is 14.7. The molecule has 1 atom stereocenters. The minimum absolute atomic E-state index is 0.115. The first-order valence-corrected chi connectivity index (χ1v) is 9.42. The molecule has 0 radical (unpaired) electrons. The number of nitrogens with zero attached hydrogens (tertiary/aromatic N) is 1. The van der Waals surface area contributed by atoms with Crippen molar-refractivity contribution < 1.29 is 14.3 Å². The van der Waals surface area contributed by atoms with Gasteiger partial charge in [-0.15, -0.1) is 0 Å². The van der Waals surface area contributed by atoms with Crippen LogP contribution in [-0.2, 0) is 16.0 Å². The van der Waals surface area contributed by atoms with Crippen molar-refractivity contribution in [2.45, 2.75) is 37.9 Å². The van der Waals surface area contributed by atoms with Gasteiger partial charge in [0.1, 0.15) is 11.0 Å². The monoisotopic (exact) mass is 363 g/mol. The van der Waals surface area contributed by atoms with Crippen molar-refractivity contribution in [2.75, 3.05) is 20.2 Å². The van der Waals surface area contributed by atoms with Gasteiger partial charge in [-0.3, -0.25) is 14.6 Å². The largest absolute Gasteiger partial charge is 0.497 e. The molecule has 2 N–H and O–H groups in total. The third-order valence-corrected chi connectivity index (χ3v) is 4.93. The molecule has 0 unspecified atom stereocenters. The van der Waals surface area contributed by atoms with Crippen LogP contribution in [0.3, 0.4) is 0 Å². The van der Waals surface area contributed by atoms with E-state index in [1.165, 1.54) is 11.8 Å². The number of carbonyl (C=O) groups is 2. The van der Waals surface area contributed by atoms with Gasteiger partial charge in [0, 0.05) is 19.5 Å². The zero-order valence-corrected chi connectivity index (χ0v) is 15.5.